The van der Waals surface area contributed by atoms with Gasteiger partial charge in [-0.2, -0.15) is 0 Å². The van der Waals surface area contributed by atoms with Crippen LogP contribution in [0.15, 0.2) is 18.2 Å². The van der Waals surface area contributed by atoms with Gasteiger partial charge in [0.25, 0.3) is 0 Å². The second-order valence-corrected chi connectivity index (χ2v) is 6.27. The Bertz CT molecular complexity index is 477. The molecule has 2 saturated heterocycles. The number of piperazine rings is 1. The van der Waals surface area contributed by atoms with Gasteiger partial charge >= 0.3 is 0 Å². The van der Waals surface area contributed by atoms with Gasteiger partial charge in [-0.15, -0.1) is 0 Å². The van der Waals surface area contributed by atoms with Gasteiger partial charge in [0.15, 0.2) is 0 Å². The number of piperidine rings is 1. The third-order valence-corrected chi connectivity index (χ3v) is 4.83. The molecule has 0 radical (unpaired) electrons. The Morgan fingerprint density at radius 3 is 2.33 bits per heavy atom. The average Bonchev–Trinajstić information content (AvgIpc) is 2.48. The molecule has 1 aromatic carbocycles. The molecule has 0 amide bonds. The Balaban J connectivity index is 1.57. The maximum Gasteiger partial charge on any atom is 0.148 e. The molecule has 21 heavy (non-hydrogen) atoms. The second kappa shape index (κ2) is 6.20. The van der Waals surface area contributed by atoms with Gasteiger partial charge in [-0.25, -0.2) is 4.39 Å². The topological polar surface area (TPSA) is 35.7 Å². The van der Waals surface area contributed by atoms with Crippen LogP contribution >= 0.6 is 0 Å². The van der Waals surface area contributed by atoms with Crippen LogP contribution in [-0.2, 0) is 0 Å². The minimum Gasteiger partial charge on any atom is -0.399 e. The van der Waals surface area contributed by atoms with Gasteiger partial charge in [-0.3, -0.25) is 4.90 Å². The van der Waals surface area contributed by atoms with E-state index in [0.717, 1.165) is 26.2 Å². The minimum atomic E-state index is -0.206. The summed E-state index contributed by atoms with van der Waals surface area (Å²) in [5.74, 6) is -0.206. The molecule has 3 rings (SSSR count). The first-order chi connectivity index (χ1) is 10.1. The van der Waals surface area contributed by atoms with Crippen LogP contribution in [-0.4, -0.2) is 62.2 Å². The SMILES string of the molecule is CN1CCC(N2CCN(c3ccc(N)cc3F)CC2)CC1. The number of nitrogens with two attached hydrogens (primary N) is 1. The van der Waals surface area contributed by atoms with E-state index < -0.39 is 0 Å². The van der Waals surface area contributed by atoms with E-state index in [9.17, 15) is 4.39 Å². The number of nitrogen functional groups attached to an aromatic ring is 1. The van der Waals surface area contributed by atoms with Gasteiger partial charge in [0, 0.05) is 37.9 Å². The number of rotatable bonds is 2. The summed E-state index contributed by atoms with van der Waals surface area (Å²) in [4.78, 5) is 7.12. The van der Waals surface area contributed by atoms with Crippen LogP contribution in [0.3, 0.4) is 0 Å². The quantitative estimate of drug-likeness (QED) is 0.840. The van der Waals surface area contributed by atoms with Gasteiger partial charge in [0.05, 0.1) is 5.69 Å². The first kappa shape index (κ1) is 14.6. The summed E-state index contributed by atoms with van der Waals surface area (Å²) < 4.78 is 14.0. The maximum absolute atomic E-state index is 14.0. The summed E-state index contributed by atoms with van der Waals surface area (Å²) in [5, 5.41) is 0. The number of hydrogen-bond acceptors (Lipinski definition) is 4. The van der Waals surface area contributed by atoms with Crippen molar-refractivity contribution in [2.45, 2.75) is 18.9 Å². The van der Waals surface area contributed by atoms with E-state index in [1.54, 1.807) is 12.1 Å². The molecule has 0 unspecified atom stereocenters. The predicted molar refractivity (Wildman–Crippen MR) is 85.1 cm³/mol. The third-order valence-electron chi connectivity index (χ3n) is 4.83. The van der Waals surface area contributed by atoms with Crippen LogP contribution in [0.4, 0.5) is 15.8 Å². The predicted octanol–water partition coefficient (Wildman–Crippen LogP) is 1.62. The molecule has 2 aliphatic heterocycles. The minimum absolute atomic E-state index is 0.206. The summed E-state index contributed by atoms with van der Waals surface area (Å²) in [6.45, 7) is 6.23. The molecule has 4 nitrogen and oxygen atoms in total. The number of hydrogen-bond donors (Lipinski definition) is 1. The summed E-state index contributed by atoms with van der Waals surface area (Å²) in [6.07, 6.45) is 2.51. The molecule has 0 spiro atoms. The number of nitrogens with zero attached hydrogens (tertiary/aromatic N) is 3. The van der Waals surface area contributed by atoms with E-state index in [2.05, 4.69) is 21.7 Å². The third kappa shape index (κ3) is 3.30. The Morgan fingerprint density at radius 1 is 1.05 bits per heavy atom. The Hall–Kier alpha value is -1.33. The molecule has 2 aliphatic rings. The van der Waals surface area contributed by atoms with E-state index in [0.29, 0.717) is 17.4 Å². The standard InChI is InChI=1S/C16H25FN4/c1-19-6-4-14(5-7-19)20-8-10-21(11-9-20)16-3-2-13(18)12-15(16)17/h2-3,12,14H,4-11,18H2,1H3. The molecular formula is C16H25FN4. The van der Waals surface area contributed by atoms with Crippen molar-refractivity contribution in [1.82, 2.24) is 9.80 Å². The van der Waals surface area contributed by atoms with E-state index in [1.165, 1.54) is 32.0 Å². The maximum atomic E-state index is 14.0. The molecule has 0 bridgehead atoms. The summed E-state index contributed by atoms with van der Waals surface area (Å²) in [5.41, 5.74) is 6.79. The van der Waals surface area contributed by atoms with Crippen LogP contribution in [0, 0.1) is 5.82 Å². The molecule has 0 aromatic heterocycles. The molecule has 2 fully saturated rings. The van der Waals surface area contributed by atoms with Crippen LogP contribution in [0.5, 0.6) is 0 Å². The fourth-order valence-electron chi connectivity index (χ4n) is 3.47. The Kier molecular flexibility index (Phi) is 4.31. The first-order valence-electron chi connectivity index (χ1n) is 7.86. The lowest BCUT2D eigenvalue weighted by Crippen LogP contribution is -2.53. The van der Waals surface area contributed by atoms with Crippen molar-refractivity contribution in [3.05, 3.63) is 24.0 Å². The van der Waals surface area contributed by atoms with Crippen LogP contribution < -0.4 is 10.6 Å². The molecule has 0 saturated carbocycles. The molecule has 2 heterocycles. The van der Waals surface area contributed by atoms with Crippen molar-refractivity contribution in [1.29, 1.82) is 0 Å². The molecule has 0 aliphatic carbocycles. The summed E-state index contributed by atoms with van der Waals surface area (Å²) in [7, 11) is 2.19. The summed E-state index contributed by atoms with van der Waals surface area (Å²) >= 11 is 0. The number of halogens is 1. The van der Waals surface area contributed by atoms with Gasteiger partial charge < -0.3 is 15.5 Å². The Labute approximate surface area is 126 Å². The highest BCUT2D eigenvalue weighted by Crippen LogP contribution is 2.24. The van der Waals surface area contributed by atoms with Crippen molar-refractivity contribution in [3.8, 4) is 0 Å². The van der Waals surface area contributed by atoms with E-state index in [1.807, 2.05) is 0 Å². The lowest BCUT2D eigenvalue weighted by molar-refractivity contribution is 0.115. The van der Waals surface area contributed by atoms with Gasteiger partial charge in [-0.1, -0.05) is 0 Å². The van der Waals surface area contributed by atoms with Crippen molar-refractivity contribution < 1.29 is 4.39 Å². The summed E-state index contributed by atoms with van der Waals surface area (Å²) in [6, 6.07) is 5.70. The average molecular weight is 292 g/mol. The van der Waals surface area contributed by atoms with Crippen molar-refractivity contribution in [3.63, 3.8) is 0 Å². The molecule has 0 atom stereocenters. The van der Waals surface area contributed by atoms with E-state index >= 15 is 0 Å². The lowest BCUT2D eigenvalue weighted by Gasteiger charge is -2.42. The van der Waals surface area contributed by atoms with Crippen molar-refractivity contribution in [2.24, 2.45) is 0 Å². The number of benzene rings is 1. The second-order valence-electron chi connectivity index (χ2n) is 6.27. The van der Waals surface area contributed by atoms with Crippen LogP contribution in [0.2, 0.25) is 0 Å². The van der Waals surface area contributed by atoms with Crippen LogP contribution in [0.1, 0.15) is 12.8 Å². The van der Waals surface area contributed by atoms with Crippen LogP contribution in [0.25, 0.3) is 0 Å². The molecule has 2 N–H and O–H groups in total. The van der Waals surface area contributed by atoms with Gasteiger partial charge in [0.1, 0.15) is 5.82 Å². The highest BCUT2D eigenvalue weighted by atomic mass is 19.1. The first-order valence-corrected chi connectivity index (χ1v) is 7.86. The fourth-order valence-corrected chi connectivity index (χ4v) is 3.47. The molecule has 5 heteroatoms. The zero-order chi connectivity index (χ0) is 14.8. The largest absolute Gasteiger partial charge is 0.399 e. The van der Waals surface area contributed by atoms with Gasteiger partial charge in [0.2, 0.25) is 0 Å². The normalized spacial score (nSPS) is 22.7. The smallest absolute Gasteiger partial charge is 0.148 e. The zero-order valence-electron chi connectivity index (χ0n) is 12.8. The molecule has 116 valence electrons. The van der Waals surface area contributed by atoms with Crippen molar-refractivity contribution >= 4 is 11.4 Å². The van der Waals surface area contributed by atoms with E-state index in [-0.39, 0.29) is 5.82 Å². The fraction of sp³-hybridized carbons (Fsp3) is 0.625. The number of anilines is 2. The zero-order valence-corrected chi connectivity index (χ0v) is 12.8. The lowest BCUT2D eigenvalue weighted by atomic mass is 10.0. The highest BCUT2D eigenvalue weighted by molar-refractivity contribution is 5.54. The van der Waals surface area contributed by atoms with E-state index in [4.69, 9.17) is 5.73 Å². The molecular weight excluding hydrogens is 267 g/mol. The monoisotopic (exact) mass is 292 g/mol. The highest BCUT2D eigenvalue weighted by Gasteiger charge is 2.27. The molecule has 1 aromatic rings. The van der Waals surface area contributed by atoms with Crippen molar-refractivity contribution in [2.75, 3.05) is 56.9 Å². The number of likely N-dealkylation sites (tertiary alicyclic amines) is 1. The Morgan fingerprint density at radius 2 is 1.71 bits per heavy atom. The van der Waals surface area contributed by atoms with Gasteiger partial charge in [-0.05, 0) is 51.2 Å².